The first-order chi connectivity index (χ1) is 15.3. The molecule has 0 aliphatic carbocycles. The molecule has 0 spiro atoms. The lowest BCUT2D eigenvalue weighted by Gasteiger charge is -2.02. The zero-order valence-electron chi connectivity index (χ0n) is 16.1. The third kappa shape index (κ3) is 2.94. The van der Waals surface area contributed by atoms with Crippen molar-refractivity contribution in [1.29, 1.82) is 0 Å². The molecule has 0 saturated carbocycles. The number of hydrogen-bond acceptors (Lipinski definition) is 7. The highest BCUT2D eigenvalue weighted by Crippen LogP contribution is 2.32. The summed E-state index contributed by atoms with van der Waals surface area (Å²) in [5, 5.41) is 8.59. The molecule has 31 heavy (non-hydrogen) atoms. The van der Waals surface area contributed by atoms with Gasteiger partial charge in [-0.1, -0.05) is 41.6 Å². The van der Waals surface area contributed by atoms with Gasteiger partial charge in [0.15, 0.2) is 17.1 Å². The number of hydrogen-bond donors (Lipinski definition) is 0. The van der Waals surface area contributed by atoms with Gasteiger partial charge in [0.1, 0.15) is 0 Å². The van der Waals surface area contributed by atoms with E-state index in [2.05, 4.69) is 15.2 Å². The number of fused-ring (bicyclic) bond motifs is 2. The van der Waals surface area contributed by atoms with Gasteiger partial charge >= 0.3 is 5.69 Å². The van der Waals surface area contributed by atoms with Crippen LogP contribution in [0.15, 0.2) is 76.2 Å². The minimum atomic E-state index is -0.266. The van der Waals surface area contributed by atoms with Crippen LogP contribution in [0.1, 0.15) is 5.56 Å². The largest absolute Gasteiger partial charge is 0.454 e. The van der Waals surface area contributed by atoms with Gasteiger partial charge in [0, 0.05) is 11.8 Å². The highest BCUT2D eigenvalue weighted by Gasteiger charge is 2.18. The zero-order valence-corrected chi connectivity index (χ0v) is 16.1. The van der Waals surface area contributed by atoms with Crippen molar-refractivity contribution in [3.05, 3.63) is 82.9 Å². The molecule has 0 saturated heterocycles. The van der Waals surface area contributed by atoms with Gasteiger partial charge in [0.25, 0.3) is 5.89 Å². The summed E-state index contributed by atoms with van der Waals surface area (Å²) in [6, 6.07) is 18.7. The molecule has 0 amide bonds. The fourth-order valence-electron chi connectivity index (χ4n) is 3.56. The highest BCUT2D eigenvalue weighted by molar-refractivity contribution is 5.72. The number of benzene rings is 2. The molecular weight excluding hydrogens is 398 g/mol. The summed E-state index contributed by atoms with van der Waals surface area (Å²) < 4.78 is 19.1. The average Bonchev–Trinajstić information content (AvgIpc) is 3.54. The van der Waals surface area contributed by atoms with Crippen LogP contribution in [0.25, 0.3) is 28.5 Å². The highest BCUT2D eigenvalue weighted by atomic mass is 16.7. The second-order valence-corrected chi connectivity index (χ2v) is 7.03. The van der Waals surface area contributed by atoms with Gasteiger partial charge in [-0.2, -0.15) is 4.98 Å². The molecule has 4 heterocycles. The molecule has 0 bridgehead atoms. The van der Waals surface area contributed by atoms with Crippen molar-refractivity contribution >= 4 is 5.65 Å². The Morgan fingerprint density at radius 2 is 1.84 bits per heavy atom. The van der Waals surface area contributed by atoms with Crippen LogP contribution in [0.3, 0.4) is 0 Å². The molecule has 1 aliphatic rings. The average molecular weight is 413 g/mol. The predicted molar refractivity (Wildman–Crippen MR) is 110 cm³/mol. The first-order valence-corrected chi connectivity index (χ1v) is 9.62. The van der Waals surface area contributed by atoms with Gasteiger partial charge < -0.3 is 14.0 Å². The summed E-state index contributed by atoms with van der Waals surface area (Å²) in [5.74, 6) is 2.12. The van der Waals surface area contributed by atoms with E-state index >= 15 is 0 Å². The zero-order chi connectivity index (χ0) is 20.8. The number of pyridine rings is 1. The minimum absolute atomic E-state index is 0.200. The van der Waals surface area contributed by atoms with E-state index < -0.39 is 0 Å². The van der Waals surface area contributed by atoms with Crippen LogP contribution in [-0.4, -0.2) is 31.1 Å². The van der Waals surface area contributed by atoms with Crippen LogP contribution in [0.5, 0.6) is 11.5 Å². The van der Waals surface area contributed by atoms with Crippen molar-refractivity contribution in [1.82, 2.24) is 24.3 Å². The van der Waals surface area contributed by atoms with Crippen LogP contribution in [0.2, 0.25) is 0 Å². The summed E-state index contributed by atoms with van der Waals surface area (Å²) >= 11 is 0. The molecule has 0 N–H and O–H groups in total. The predicted octanol–water partition coefficient (Wildman–Crippen LogP) is 2.99. The normalized spacial score (nSPS) is 12.5. The van der Waals surface area contributed by atoms with Crippen molar-refractivity contribution < 1.29 is 14.0 Å². The Morgan fingerprint density at radius 1 is 0.968 bits per heavy atom. The Bertz CT molecular complexity index is 1470. The van der Waals surface area contributed by atoms with Crippen molar-refractivity contribution in [2.75, 3.05) is 6.79 Å². The smallest absolute Gasteiger partial charge is 0.350 e. The summed E-state index contributed by atoms with van der Waals surface area (Å²) in [6.45, 7) is 0.487. The van der Waals surface area contributed by atoms with E-state index in [1.807, 2.05) is 48.5 Å². The van der Waals surface area contributed by atoms with Crippen LogP contribution in [-0.2, 0) is 6.54 Å². The number of ether oxygens (including phenoxy) is 2. The van der Waals surface area contributed by atoms with Gasteiger partial charge in [-0.05, 0) is 29.8 Å². The Balaban J connectivity index is 1.39. The lowest BCUT2D eigenvalue weighted by atomic mass is 10.2. The van der Waals surface area contributed by atoms with Gasteiger partial charge in [-0.15, -0.1) is 5.10 Å². The van der Waals surface area contributed by atoms with E-state index in [1.165, 1.54) is 9.08 Å². The lowest BCUT2D eigenvalue weighted by molar-refractivity contribution is 0.174. The van der Waals surface area contributed by atoms with Crippen LogP contribution in [0.4, 0.5) is 0 Å². The van der Waals surface area contributed by atoms with E-state index in [9.17, 15) is 4.79 Å². The van der Waals surface area contributed by atoms with Gasteiger partial charge in [0.05, 0.1) is 12.1 Å². The van der Waals surface area contributed by atoms with E-state index in [4.69, 9.17) is 14.0 Å². The summed E-state index contributed by atoms with van der Waals surface area (Å²) in [5.41, 5.74) is 2.48. The molecule has 6 rings (SSSR count). The number of rotatable bonds is 4. The molecule has 1 aliphatic heterocycles. The van der Waals surface area contributed by atoms with E-state index in [1.54, 1.807) is 18.3 Å². The second-order valence-electron chi connectivity index (χ2n) is 7.03. The van der Waals surface area contributed by atoms with E-state index in [-0.39, 0.29) is 19.0 Å². The molecule has 2 aromatic carbocycles. The minimum Gasteiger partial charge on any atom is -0.454 e. The van der Waals surface area contributed by atoms with Crippen molar-refractivity contribution in [2.24, 2.45) is 0 Å². The summed E-state index contributed by atoms with van der Waals surface area (Å²) in [7, 11) is 0. The van der Waals surface area contributed by atoms with Crippen LogP contribution in [0, 0.1) is 0 Å². The molecule has 9 heteroatoms. The lowest BCUT2D eigenvalue weighted by Crippen LogP contribution is -2.21. The van der Waals surface area contributed by atoms with Gasteiger partial charge in [-0.25, -0.2) is 13.9 Å². The fraction of sp³-hybridized carbons (Fsp3) is 0.0909. The summed E-state index contributed by atoms with van der Waals surface area (Å²) in [4.78, 5) is 17.4. The van der Waals surface area contributed by atoms with Gasteiger partial charge in [-0.3, -0.25) is 0 Å². The van der Waals surface area contributed by atoms with Crippen LogP contribution >= 0.6 is 0 Å². The quantitative estimate of drug-likeness (QED) is 0.447. The molecule has 3 aromatic heterocycles. The fourth-order valence-corrected chi connectivity index (χ4v) is 3.56. The third-order valence-corrected chi connectivity index (χ3v) is 5.07. The molecule has 152 valence electrons. The topological polar surface area (TPSA) is 96.7 Å². The number of aromatic nitrogens is 5. The molecular formula is C22H15N5O4. The Hall–Kier alpha value is -4.40. The maximum atomic E-state index is 12.9. The van der Waals surface area contributed by atoms with E-state index in [0.29, 0.717) is 34.4 Å². The first-order valence-electron chi connectivity index (χ1n) is 9.62. The Morgan fingerprint density at radius 3 is 2.74 bits per heavy atom. The third-order valence-electron chi connectivity index (χ3n) is 5.07. The molecule has 5 aromatic rings. The summed E-state index contributed by atoms with van der Waals surface area (Å²) in [6.07, 6.45) is 1.67. The van der Waals surface area contributed by atoms with Gasteiger partial charge in [0.2, 0.25) is 12.6 Å². The molecule has 9 nitrogen and oxygen atoms in total. The molecule has 0 unspecified atom stereocenters. The molecule has 0 fully saturated rings. The van der Waals surface area contributed by atoms with Crippen LogP contribution < -0.4 is 15.2 Å². The monoisotopic (exact) mass is 413 g/mol. The Labute approximate surface area is 175 Å². The molecule has 0 radical (unpaired) electrons. The SMILES string of the molecule is O=c1n(Cc2ccc3c(c2)OCO3)nc2c(-c3nc(-c4ccccc4)no3)cccn12. The maximum absolute atomic E-state index is 12.9. The van der Waals surface area contributed by atoms with Crippen molar-refractivity contribution in [3.8, 4) is 34.3 Å². The van der Waals surface area contributed by atoms with Crippen molar-refractivity contribution in [3.63, 3.8) is 0 Å². The number of nitrogens with zero attached hydrogens (tertiary/aromatic N) is 5. The Kier molecular flexibility index (Phi) is 3.85. The second kappa shape index (κ2) is 6.84. The standard InChI is InChI=1S/C22H15N5O4/c28-22-26-10-4-7-16(21-23-19(25-31-21)15-5-2-1-3-6-15)20(26)24-27(22)12-14-8-9-17-18(11-14)30-13-29-17/h1-11H,12-13H2. The van der Waals surface area contributed by atoms with Crippen molar-refractivity contribution in [2.45, 2.75) is 6.54 Å². The van der Waals surface area contributed by atoms with E-state index in [0.717, 1.165) is 11.1 Å². The first kappa shape index (κ1) is 17.5. The maximum Gasteiger partial charge on any atom is 0.350 e. The molecule has 0 atom stereocenters.